The Labute approximate surface area is 185 Å². The van der Waals surface area contributed by atoms with E-state index in [4.69, 9.17) is 31.2 Å². The molecule has 3 rings (SSSR count). The largest absolute Gasteiger partial charge is 0.497 e. The first-order valence-electron chi connectivity index (χ1n) is 9.38. The second-order valence-corrected chi connectivity index (χ2v) is 7.88. The van der Waals surface area contributed by atoms with Crippen LogP contribution in [0.5, 0.6) is 23.0 Å². The third kappa shape index (κ3) is 5.25. The summed E-state index contributed by atoms with van der Waals surface area (Å²) < 4.78 is 22.6. The summed E-state index contributed by atoms with van der Waals surface area (Å²) in [5.41, 5.74) is 0.746. The van der Waals surface area contributed by atoms with Crippen molar-refractivity contribution in [3.63, 3.8) is 0 Å². The van der Waals surface area contributed by atoms with Crippen molar-refractivity contribution in [1.82, 2.24) is 4.90 Å². The fourth-order valence-corrected chi connectivity index (χ4v) is 4.17. The van der Waals surface area contributed by atoms with Crippen molar-refractivity contribution >= 4 is 40.3 Å². The number of nitrogens with zero attached hydrogens (tertiary/aromatic N) is 1. The lowest BCUT2D eigenvalue weighted by molar-refractivity contribution is -0.121. The molecule has 0 atom stereocenters. The van der Waals surface area contributed by atoms with E-state index in [2.05, 4.69) is 0 Å². The van der Waals surface area contributed by atoms with Crippen LogP contribution in [0.15, 0.2) is 47.4 Å². The van der Waals surface area contributed by atoms with Crippen LogP contribution in [0.3, 0.4) is 0 Å². The van der Waals surface area contributed by atoms with Crippen LogP contribution in [0.25, 0.3) is 6.08 Å². The van der Waals surface area contributed by atoms with Crippen molar-refractivity contribution in [3.8, 4) is 23.0 Å². The lowest BCUT2D eigenvalue weighted by Gasteiger charge is -2.12. The Morgan fingerprint density at radius 3 is 2.23 bits per heavy atom. The molecule has 0 radical (unpaired) electrons. The first-order valence-corrected chi connectivity index (χ1v) is 10.6. The predicted molar refractivity (Wildman–Crippen MR) is 123 cm³/mol. The molecular weight excluding hydrogens is 422 g/mol. The number of rotatable bonds is 9. The van der Waals surface area contributed by atoms with Gasteiger partial charge in [0.25, 0.3) is 5.91 Å². The highest BCUT2D eigenvalue weighted by Crippen LogP contribution is 2.35. The number of carbonyl (C=O) groups is 1. The van der Waals surface area contributed by atoms with E-state index in [1.807, 2.05) is 49.4 Å². The van der Waals surface area contributed by atoms with Crippen LogP contribution in [0.1, 0.15) is 12.5 Å². The first kappa shape index (κ1) is 22.0. The summed E-state index contributed by atoms with van der Waals surface area (Å²) in [5.74, 6) is 2.72. The van der Waals surface area contributed by atoms with E-state index in [0.717, 1.165) is 17.1 Å². The quantitative estimate of drug-likeness (QED) is 0.322. The number of thiocarbonyl (C=S) groups is 1. The van der Waals surface area contributed by atoms with Gasteiger partial charge in [-0.3, -0.25) is 9.69 Å². The number of thioether (sulfide) groups is 1. The molecule has 30 heavy (non-hydrogen) atoms. The average Bonchev–Trinajstić information content (AvgIpc) is 3.04. The summed E-state index contributed by atoms with van der Waals surface area (Å²) in [5, 5.41) is 0. The average molecular weight is 446 g/mol. The smallest absolute Gasteiger partial charge is 0.266 e. The zero-order chi connectivity index (χ0) is 21.5. The monoisotopic (exact) mass is 445 g/mol. The molecule has 1 aliphatic heterocycles. The van der Waals surface area contributed by atoms with Crippen LogP contribution in [-0.4, -0.2) is 49.1 Å². The van der Waals surface area contributed by atoms with Crippen molar-refractivity contribution in [3.05, 3.63) is 52.9 Å². The molecule has 2 aromatic carbocycles. The summed E-state index contributed by atoms with van der Waals surface area (Å²) in [6, 6.07) is 12.8. The van der Waals surface area contributed by atoms with Gasteiger partial charge in [-0.15, -0.1) is 0 Å². The van der Waals surface area contributed by atoms with Crippen LogP contribution in [0.4, 0.5) is 0 Å². The molecule has 1 fully saturated rings. The molecule has 1 saturated heterocycles. The minimum absolute atomic E-state index is 0.0934. The Morgan fingerprint density at radius 1 is 0.967 bits per heavy atom. The number of methoxy groups -OCH3 is 2. The third-order valence-corrected chi connectivity index (χ3v) is 5.74. The molecule has 0 unspecified atom stereocenters. The zero-order valence-electron chi connectivity index (χ0n) is 17.0. The van der Waals surface area contributed by atoms with E-state index in [1.165, 1.54) is 11.8 Å². The van der Waals surface area contributed by atoms with Gasteiger partial charge in [0.1, 0.15) is 40.5 Å². The van der Waals surface area contributed by atoms with Crippen LogP contribution in [-0.2, 0) is 4.79 Å². The van der Waals surface area contributed by atoms with Gasteiger partial charge in [-0.2, -0.15) is 0 Å². The molecule has 0 aliphatic carbocycles. The van der Waals surface area contributed by atoms with E-state index in [1.54, 1.807) is 25.2 Å². The van der Waals surface area contributed by atoms with Gasteiger partial charge in [-0.05, 0) is 55.5 Å². The molecule has 1 heterocycles. The van der Waals surface area contributed by atoms with Gasteiger partial charge < -0.3 is 18.9 Å². The standard InChI is InChI=1S/C22H23NO5S2/c1-4-23-21(24)20(30-22(23)29)14-15-13-18(26-3)9-10-19(15)28-12-11-27-17-7-5-16(25-2)6-8-17/h5-10,13-14H,4,11-12H2,1-3H3/b20-14-. The van der Waals surface area contributed by atoms with Crippen molar-refractivity contribution in [2.45, 2.75) is 6.92 Å². The number of amides is 1. The maximum Gasteiger partial charge on any atom is 0.266 e. The lowest BCUT2D eigenvalue weighted by Crippen LogP contribution is -2.27. The van der Waals surface area contributed by atoms with Gasteiger partial charge in [0.05, 0.1) is 19.1 Å². The van der Waals surface area contributed by atoms with Crippen LogP contribution < -0.4 is 18.9 Å². The molecule has 0 N–H and O–H groups in total. The summed E-state index contributed by atoms with van der Waals surface area (Å²) >= 11 is 6.58. The van der Waals surface area contributed by atoms with Gasteiger partial charge in [-0.1, -0.05) is 24.0 Å². The highest BCUT2D eigenvalue weighted by atomic mass is 32.2. The predicted octanol–water partition coefficient (Wildman–Crippen LogP) is 4.38. The Bertz CT molecular complexity index is 943. The number of ether oxygens (including phenoxy) is 4. The fraction of sp³-hybridized carbons (Fsp3) is 0.273. The Morgan fingerprint density at radius 2 is 1.60 bits per heavy atom. The minimum atomic E-state index is -0.0934. The molecule has 0 spiro atoms. The third-order valence-electron chi connectivity index (χ3n) is 4.36. The fourth-order valence-electron chi connectivity index (χ4n) is 2.79. The van der Waals surface area contributed by atoms with Gasteiger partial charge in [0.15, 0.2) is 0 Å². The summed E-state index contributed by atoms with van der Waals surface area (Å²) in [6.07, 6.45) is 1.79. The van der Waals surface area contributed by atoms with Crippen molar-refractivity contribution in [2.75, 3.05) is 34.0 Å². The molecule has 6 nitrogen and oxygen atoms in total. The number of benzene rings is 2. The van der Waals surface area contributed by atoms with Crippen molar-refractivity contribution < 1.29 is 23.7 Å². The molecular formula is C22H23NO5S2. The van der Waals surface area contributed by atoms with Crippen molar-refractivity contribution in [1.29, 1.82) is 0 Å². The molecule has 1 amide bonds. The highest BCUT2D eigenvalue weighted by molar-refractivity contribution is 8.26. The minimum Gasteiger partial charge on any atom is -0.497 e. The van der Waals surface area contributed by atoms with E-state index in [9.17, 15) is 4.79 Å². The maximum absolute atomic E-state index is 12.5. The van der Waals surface area contributed by atoms with E-state index >= 15 is 0 Å². The molecule has 2 aromatic rings. The van der Waals surface area contributed by atoms with Gasteiger partial charge >= 0.3 is 0 Å². The normalized spacial score (nSPS) is 14.9. The van der Waals surface area contributed by atoms with E-state index in [0.29, 0.717) is 40.5 Å². The highest BCUT2D eigenvalue weighted by Gasteiger charge is 2.30. The lowest BCUT2D eigenvalue weighted by atomic mass is 10.1. The number of hydrogen-bond donors (Lipinski definition) is 0. The topological polar surface area (TPSA) is 57.2 Å². The van der Waals surface area contributed by atoms with Crippen LogP contribution >= 0.6 is 24.0 Å². The summed E-state index contributed by atoms with van der Waals surface area (Å²) in [7, 11) is 3.22. The van der Waals surface area contributed by atoms with Crippen LogP contribution in [0, 0.1) is 0 Å². The van der Waals surface area contributed by atoms with Crippen LogP contribution in [0.2, 0.25) is 0 Å². The van der Waals surface area contributed by atoms with E-state index in [-0.39, 0.29) is 5.91 Å². The second-order valence-electron chi connectivity index (χ2n) is 6.20. The number of carbonyl (C=O) groups excluding carboxylic acids is 1. The molecule has 0 bridgehead atoms. The Hall–Kier alpha value is -2.71. The SMILES string of the molecule is CCN1C(=O)/C(=C/c2cc(OC)ccc2OCCOc2ccc(OC)cc2)SC1=S. The maximum atomic E-state index is 12.5. The molecule has 158 valence electrons. The van der Waals surface area contributed by atoms with E-state index < -0.39 is 0 Å². The molecule has 8 heteroatoms. The molecule has 1 aliphatic rings. The van der Waals surface area contributed by atoms with Gasteiger partial charge in [0, 0.05) is 12.1 Å². The van der Waals surface area contributed by atoms with Gasteiger partial charge in [0.2, 0.25) is 0 Å². The Kier molecular flexibility index (Phi) is 7.59. The second kappa shape index (κ2) is 10.4. The number of hydrogen-bond acceptors (Lipinski definition) is 7. The van der Waals surface area contributed by atoms with Gasteiger partial charge in [-0.25, -0.2) is 0 Å². The molecule has 0 aromatic heterocycles. The Balaban J connectivity index is 1.68. The zero-order valence-corrected chi connectivity index (χ0v) is 18.7. The summed E-state index contributed by atoms with van der Waals surface area (Å²) in [4.78, 5) is 14.7. The first-order chi connectivity index (χ1) is 14.5. The van der Waals surface area contributed by atoms with Crippen molar-refractivity contribution in [2.24, 2.45) is 0 Å². The molecule has 0 saturated carbocycles. The number of likely N-dealkylation sites (N-methyl/N-ethyl adjacent to an activating group) is 1. The summed E-state index contributed by atoms with van der Waals surface area (Å²) in [6.45, 7) is 3.16.